The number of aryl methyl sites for hydroxylation is 1. The lowest BCUT2D eigenvalue weighted by molar-refractivity contribution is -0.126. The Morgan fingerprint density at radius 3 is 2.53 bits per heavy atom. The fourth-order valence-electron chi connectivity index (χ4n) is 4.18. The first kappa shape index (κ1) is 23.8. The van der Waals surface area contributed by atoms with E-state index in [0.717, 1.165) is 6.42 Å². The van der Waals surface area contributed by atoms with Crippen LogP contribution in [0.5, 0.6) is 0 Å². The lowest BCUT2D eigenvalue weighted by Crippen LogP contribution is -2.46. The van der Waals surface area contributed by atoms with Gasteiger partial charge in [0, 0.05) is 44.6 Å². The Bertz CT molecular complexity index is 898. The number of carbonyl (C=O) groups is 4. The standard InChI is InChI=1S/C23H33N3O6/c1-14-18-16(27)8-5-9-17(18)31-19(14)21(29)26-12-6-7-15(13-26)20(28)24-10-11-25-22(30)32-23(2,3)4/h15H,5-13H2,1-4H3,(H,24,28)(H,25,30). The highest BCUT2D eigenvalue weighted by Gasteiger charge is 2.34. The maximum atomic E-state index is 13.1. The number of ketones is 1. The fraction of sp³-hybridized carbons (Fsp3) is 0.652. The average molecular weight is 448 g/mol. The lowest BCUT2D eigenvalue weighted by Gasteiger charge is -2.31. The molecule has 3 rings (SSSR count). The quantitative estimate of drug-likeness (QED) is 0.670. The molecule has 1 atom stereocenters. The molecule has 1 aromatic rings. The number of furan rings is 1. The van der Waals surface area contributed by atoms with Crippen LogP contribution in [0.1, 0.15) is 78.7 Å². The molecule has 176 valence electrons. The van der Waals surface area contributed by atoms with Crippen molar-refractivity contribution in [1.29, 1.82) is 0 Å². The van der Waals surface area contributed by atoms with E-state index in [1.807, 2.05) is 0 Å². The van der Waals surface area contributed by atoms with Gasteiger partial charge in [-0.2, -0.15) is 0 Å². The molecule has 2 aliphatic rings. The number of alkyl carbamates (subject to hydrolysis) is 1. The van der Waals surface area contributed by atoms with Crippen molar-refractivity contribution in [3.8, 4) is 0 Å². The van der Waals surface area contributed by atoms with Crippen LogP contribution in [0.4, 0.5) is 4.79 Å². The molecule has 0 bridgehead atoms. The Kier molecular flexibility index (Phi) is 7.26. The molecule has 1 unspecified atom stereocenters. The summed E-state index contributed by atoms with van der Waals surface area (Å²) in [4.78, 5) is 51.2. The van der Waals surface area contributed by atoms with Crippen molar-refractivity contribution < 1.29 is 28.3 Å². The first-order chi connectivity index (χ1) is 15.1. The molecule has 9 nitrogen and oxygen atoms in total. The number of rotatable bonds is 5. The Labute approximate surface area is 188 Å². The van der Waals surface area contributed by atoms with Crippen molar-refractivity contribution in [2.75, 3.05) is 26.2 Å². The largest absolute Gasteiger partial charge is 0.455 e. The van der Waals surface area contributed by atoms with Crippen LogP contribution < -0.4 is 10.6 Å². The first-order valence-corrected chi connectivity index (χ1v) is 11.3. The number of Topliss-reactive ketones (excluding diaryl/α,β-unsaturated/α-hetero) is 1. The number of likely N-dealkylation sites (tertiary alicyclic amines) is 1. The van der Waals surface area contributed by atoms with E-state index in [4.69, 9.17) is 9.15 Å². The smallest absolute Gasteiger partial charge is 0.407 e. The van der Waals surface area contributed by atoms with Gasteiger partial charge in [0.05, 0.1) is 11.5 Å². The van der Waals surface area contributed by atoms with Crippen molar-refractivity contribution in [2.45, 2.75) is 65.4 Å². The molecule has 3 amide bonds. The van der Waals surface area contributed by atoms with E-state index in [-0.39, 0.29) is 42.4 Å². The number of ether oxygens (including phenoxy) is 1. The molecule has 2 N–H and O–H groups in total. The van der Waals surface area contributed by atoms with Crippen molar-refractivity contribution in [2.24, 2.45) is 5.92 Å². The number of piperidine rings is 1. The highest BCUT2D eigenvalue weighted by molar-refractivity contribution is 6.03. The van der Waals surface area contributed by atoms with Crippen LogP contribution >= 0.6 is 0 Å². The third-order valence-corrected chi connectivity index (χ3v) is 5.67. The van der Waals surface area contributed by atoms with Gasteiger partial charge in [0.25, 0.3) is 5.91 Å². The molecule has 32 heavy (non-hydrogen) atoms. The minimum absolute atomic E-state index is 0.0300. The third kappa shape index (κ3) is 5.69. The topological polar surface area (TPSA) is 118 Å². The van der Waals surface area contributed by atoms with Gasteiger partial charge in [0.1, 0.15) is 11.4 Å². The predicted molar refractivity (Wildman–Crippen MR) is 117 cm³/mol. The highest BCUT2D eigenvalue weighted by atomic mass is 16.6. The zero-order valence-electron chi connectivity index (χ0n) is 19.3. The second-order valence-corrected chi connectivity index (χ2v) is 9.44. The minimum Gasteiger partial charge on any atom is -0.455 e. The van der Waals surface area contributed by atoms with E-state index >= 15 is 0 Å². The minimum atomic E-state index is -0.579. The van der Waals surface area contributed by atoms with Gasteiger partial charge in [-0.25, -0.2) is 4.79 Å². The van der Waals surface area contributed by atoms with Gasteiger partial charge in [-0.05, 0) is 47.0 Å². The number of hydrogen-bond acceptors (Lipinski definition) is 6. The van der Waals surface area contributed by atoms with Crippen molar-refractivity contribution in [3.63, 3.8) is 0 Å². The monoisotopic (exact) mass is 447 g/mol. The van der Waals surface area contributed by atoms with Crippen LogP contribution in [0.2, 0.25) is 0 Å². The van der Waals surface area contributed by atoms with Crippen LogP contribution in [0.15, 0.2) is 4.42 Å². The number of fused-ring (bicyclic) bond motifs is 1. The fourth-order valence-corrected chi connectivity index (χ4v) is 4.18. The van der Waals surface area contributed by atoms with E-state index in [0.29, 0.717) is 55.7 Å². The van der Waals surface area contributed by atoms with E-state index in [9.17, 15) is 19.2 Å². The summed E-state index contributed by atoms with van der Waals surface area (Å²) in [6, 6.07) is 0. The maximum absolute atomic E-state index is 13.1. The zero-order valence-corrected chi connectivity index (χ0v) is 19.3. The summed E-state index contributed by atoms with van der Waals surface area (Å²) in [7, 11) is 0. The molecule has 1 aliphatic heterocycles. The molecular formula is C23H33N3O6. The van der Waals surface area contributed by atoms with Crippen LogP contribution in [0.25, 0.3) is 0 Å². The normalized spacial score (nSPS) is 18.7. The SMILES string of the molecule is Cc1c(C(=O)N2CCCC(C(=O)NCCNC(=O)OC(C)(C)C)C2)oc2c1C(=O)CCC2. The third-order valence-electron chi connectivity index (χ3n) is 5.67. The van der Waals surface area contributed by atoms with Gasteiger partial charge in [-0.1, -0.05) is 0 Å². The molecule has 1 saturated heterocycles. The summed E-state index contributed by atoms with van der Waals surface area (Å²) in [5.74, 6) is 0.0925. The molecule has 0 radical (unpaired) electrons. The molecule has 9 heteroatoms. The summed E-state index contributed by atoms with van der Waals surface area (Å²) in [6.07, 6.45) is 2.74. The van der Waals surface area contributed by atoms with Gasteiger partial charge in [0.2, 0.25) is 5.91 Å². The Balaban J connectivity index is 1.52. The van der Waals surface area contributed by atoms with Gasteiger partial charge in [-0.15, -0.1) is 0 Å². The predicted octanol–water partition coefficient (Wildman–Crippen LogP) is 2.60. The van der Waals surface area contributed by atoms with E-state index in [1.165, 1.54) is 0 Å². The molecule has 0 aromatic carbocycles. The summed E-state index contributed by atoms with van der Waals surface area (Å²) < 4.78 is 10.9. The number of nitrogens with one attached hydrogen (secondary N) is 2. The maximum Gasteiger partial charge on any atom is 0.407 e. The molecule has 1 fully saturated rings. The Morgan fingerprint density at radius 1 is 1.12 bits per heavy atom. The van der Waals surface area contributed by atoms with Crippen LogP contribution in [-0.4, -0.2) is 60.4 Å². The van der Waals surface area contributed by atoms with Crippen molar-refractivity contribution in [1.82, 2.24) is 15.5 Å². The van der Waals surface area contributed by atoms with E-state index in [2.05, 4.69) is 10.6 Å². The van der Waals surface area contributed by atoms with Crippen molar-refractivity contribution >= 4 is 23.7 Å². The summed E-state index contributed by atoms with van der Waals surface area (Å²) in [6.45, 7) is 8.45. The van der Waals surface area contributed by atoms with Crippen molar-refractivity contribution in [3.05, 3.63) is 22.6 Å². The van der Waals surface area contributed by atoms with Gasteiger partial charge < -0.3 is 24.7 Å². The first-order valence-electron chi connectivity index (χ1n) is 11.3. The number of hydrogen-bond donors (Lipinski definition) is 2. The van der Waals surface area contributed by atoms with Gasteiger partial charge in [0.15, 0.2) is 11.5 Å². The second-order valence-electron chi connectivity index (χ2n) is 9.44. The molecule has 2 heterocycles. The molecule has 1 aromatic heterocycles. The van der Waals surface area contributed by atoms with Crippen LogP contribution in [0.3, 0.4) is 0 Å². The van der Waals surface area contributed by atoms with Gasteiger partial charge in [-0.3, -0.25) is 14.4 Å². The van der Waals surface area contributed by atoms with Crippen LogP contribution in [-0.2, 0) is 16.0 Å². The highest BCUT2D eigenvalue weighted by Crippen LogP contribution is 2.31. The molecule has 1 aliphatic carbocycles. The summed E-state index contributed by atoms with van der Waals surface area (Å²) in [5, 5.41) is 5.41. The lowest BCUT2D eigenvalue weighted by atomic mass is 9.93. The van der Waals surface area contributed by atoms with Crippen LogP contribution in [0, 0.1) is 12.8 Å². The van der Waals surface area contributed by atoms with E-state index in [1.54, 1.807) is 32.6 Å². The number of carbonyl (C=O) groups excluding carboxylic acids is 4. The second kappa shape index (κ2) is 9.75. The number of amides is 3. The molecule has 0 spiro atoms. The summed E-state index contributed by atoms with van der Waals surface area (Å²) in [5.41, 5.74) is 0.586. The summed E-state index contributed by atoms with van der Waals surface area (Å²) >= 11 is 0. The van der Waals surface area contributed by atoms with E-state index < -0.39 is 11.7 Å². The average Bonchev–Trinajstić information content (AvgIpc) is 3.07. The number of nitrogens with zero attached hydrogens (tertiary/aromatic N) is 1. The Hall–Kier alpha value is -2.84. The Morgan fingerprint density at radius 2 is 1.84 bits per heavy atom. The zero-order chi connectivity index (χ0) is 23.5. The molecule has 0 saturated carbocycles. The van der Waals surface area contributed by atoms with Gasteiger partial charge >= 0.3 is 6.09 Å². The molecular weight excluding hydrogens is 414 g/mol.